The van der Waals surface area contributed by atoms with E-state index in [2.05, 4.69) is 137 Å². The van der Waals surface area contributed by atoms with Crippen molar-refractivity contribution < 1.29 is 4.42 Å². The molecule has 11 aromatic rings. The van der Waals surface area contributed by atoms with Crippen molar-refractivity contribution >= 4 is 97.9 Å². The molecule has 7 aromatic carbocycles. The van der Waals surface area contributed by atoms with Crippen LogP contribution >= 0.6 is 11.3 Å². The second-order valence-electron chi connectivity index (χ2n) is 12.0. The number of aromatic nitrogens is 3. The number of hydrogen-bond acceptors (Lipinski definition) is 3. The summed E-state index contributed by atoms with van der Waals surface area (Å²) in [5.41, 5.74) is 8.61. The number of benzene rings is 7. The predicted octanol–water partition coefficient (Wildman–Crippen LogP) is 11.5. The highest BCUT2D eigenvalue weighted by Gasteiger charge is 2.20. The summed E-state index contributed by atoms with van der Waals surface area (Å²) in [5, 5.41) is 10.6. The van der Waals surface area contributed by atoms with E-state index in [0.717, 1.165) is 54.0 Å². The summed E-state index contributed by atoms with van der Waals surface area (Å²) in [5.74, 6) is 0. The summed E-state index contributed by atoms with van der Waals surface area (Å²) >= 11 is 1.72. The fourth-order valence-corrected chi connectivity index (χ4v) is 8.53. The second kappa shape index (κ2) is 8.84. The van der Waals surface area contributed by atoms with Gasteiger partial charge >= 0.3 is 0 Å². The van der Waals surface area contributed by atoms with Crippen LogP contribution in [0.1, 0.15) is 0 Å². The van der Waals surface area contributed by atoms with Crippen LogP contribution in [-0.4, -0.2) is 14.1 Å². The maximum atomic E-state index is 6.19. The lowest BCUT2D eigenvalue weighted by Crippen LogP contribution is -1.95. The van der Waals surface area contributed by atoms with Gasteiger partial charge in [-0.2, -0.15) is 0 Å². The summed E-state index contributed by atoms with van der Waals surface area (Å²) in [6.07, 6.45) is 0. The van der Waals surface area contributed by atoms with Crippen molar-refractivity contribution in [1.29, 1.82) is 0 Å². The fourth-order valence-electron chi connectivity index (χ4n) is 7.52. The van der Waals surface area contributed by atoms with Crippen molar-refractivity contribution in [1.82, 2.24) is 14.1 Å². The number of fused-ring (bicyclic) bond motifs is 12. The van der Waals surface area contributed by atoms with Crippen LogP contribution in [0, 0.1) is 0 Å². The zero-order valence-electron chi connectivity index (χ0n) is 24.4. The molecule has 0 N–H and O–H groups in total. The molecule has 4 aromatic heterocycles. The number of nitrogens with zero attached hydrogens (tertiary/aromatic N) is 3. The molecule has 0 bridgehead atoms. The van der Waals surface area contributed by atoms with Crippen molar-refractivity contribution in [3.05, 3.63) is 140 Å². The van der Waals surface area contributed by atoms with Gasteiger partial charge in [0.25, 0.3) is 0 Å². The van der Waals surface area contributed by atoms with E-state index in [1.54, 1.807) is 11.3 Å². The second-order valence-corrected chi connectivity index (χ2v) is 13.0. The van der Waals surface area contributed by atoms with Crippen LogP contribution in [0.4, 0.5) is 0 Å². The summed E-state index contributed by atoms with van der Waals surface area (Å²) in [4.78, 5) is 5.31. The lowest BCUT2D eigenvalue weighted by atomic mass is 10.1. The van der Waals surface area contributed by atoms with Crippen LogP contribution in [0.15, 0.2) is 144 Å². The standard InChI is InChI=1S/C41H23N3OS/c1-2-10-25-22-35-30(21-24(25)9-1)27-11-3-6-14-32(27)43(35)26-17-18-34-31(23-26)28-12-4-7-15-33(28)44(34)41-42-40-38(46-41)20-19-37-39(40)29-13-5-8-16-36(29)45-37/h1-23H. The fraction of sp³-hybridized carbons (Fsp3) is 0. The Morgan fingerprint density at radius 3 is 1.96 bits per heavy atom. The zero-order valence-corrected chi connectivity index (χ0v) is 25.3. The van der Waals surface area contributed by atoms with E-state index in [9.17, 15) is 0 Å². The Balaban J connectivity index is 1.19. The normalized spacial score (nSPS) is 12.3. The minimum atomic E-state index is 0.872. The highest BCUT2D eigenvalue weighted by Crippen LogP contribution is 2.41. The van der Waals surface area contributed by atoms with Crippen molar-refractivity contribution in [2.24, 2.45) is 0 Å². The maximum absolute atomic E-state index is 6.19. The van der Waals surface area contributed by atoms with Crippen molar-refractivity contribution in [2.45, 2.75) is 0 Å². The van der Waals surface area contributed by atoms with Gasteiger partial charge in [-0.05, 0) is 71.4 Å². The van der Waals surface area contributed by atoms with Gasteiger partial charge in [-0.3, -0.25) is 4.57 Å². The average molecular weight is 606 g/mol. The van der Waals surface area contributed by atoms with Gasteiger partial charge in [0.15, 0.2) is 5.13 Å². The molecule has 0 aliphatic carbocycles. The molecule has 0 saturated carbocycles. The number of rotatable bonds is 2. The summed E-state index contributed by atoms with van der Waals surface area (Å²) < 4.78 is 12.1. The molecular weight excluding hydrogens is 583 g/mol. The molecule has 4 nitrogen and oxygen atoms in total. The third-order valence-electron chi connectivity index (χ3n) is 9.53. The summed E-state index contributed by atoms with van der Waals surface area (Å²) in [6.45, 7) is 0. The zero-order chi connectivity index (χ0) is 29.9. The average Bonchev–Trinajstić information content (AvgIpc) is 3.85. The van der Waals surface area contributed by atoms with Crippen molar-refractivity contribution in [3.63, 3.8) is 0 Å². The number of para-hydroxylation sites is 3. The molecule has 214 valence electrons. The molecule has 0 saturated heterocycles. The first kappa shape index (κ1) is 24.4. The van der Waals surface area contributed by atoms with Gasteiger partial charge in [-0.25, -0.2) is 4.98 Å². The van der Waals surface area contributed by atoms with Gasteiger partial charge in [0.2, 0.25) is 0 Å². The molecule has 46 heavy (non-hydrogen) atoms. The topological polar surface area (TPSA) is 35.9 Å². The SMILES string of the molecule is c1ccc2cc3c(cc2c1)c1ccccc1n3-c1ccc2c(c1)c1ccccc1n2-c1nc2c(ccc3oc4ccccc4c32)s1. The Hall–Kier alpha value is -5.91. The number of furan rings is 1. The smallest absolute Gasteiger partial charge is 0.195 e. The van der Waals surface area contributed by atoms with Gasteiger partial charge in [0, 0.05) is 32.6 Å². The van der Waals surface area contributed by atoms with Gasteiger partial charge in [0.1, 0.15) is 11.2 Å². The largest absolute Gasteiger partial charge is 0.456 e. The third-order valence-corrected chi connectivity index (χ3v) is 10.5. The molecule has 0 aliphatic rings. The Bertz CT molecular complexity index is 3040. The van der Waals surface area contributed by atoms with E-state index < -0.39 is 0 Å². The van der Waals surface area contributed by atoms with E-state index in [1.807, 2.05) is 12.1 Å². The monoisotopic (exact) mass is 605 g/mol. The molecule has 5 heteroatoms. The van der Waals surface area contributed by atoms with Crippen LogP contribution < -0.4 is 0 Å². The number of hydrogen-bond donors (Lipinski definition) is 0. The van der Waals surface area contributed by atoms with Crippen LogP contribution in [0.3, 0.4) is 0 Å². The van der Waals surface area contributed by atoms with Crippen LogP contribution in [0.5, 0.6) is 0 Å². The Labute approximate surface area is 265 Å². The Morgan fingerprint density at radius 2 is 1.13 bits per heavy atom. The molecule has 0 unspecified atom stereocenters. The Kier molecular flexibility index (Phi) is 4.69. The third kappa shape index (κ3) is 3.19. The molecule has 11 rings (SSSR count). The van der Waals surface area contributed by atoms with Crippen LogP contribution in [0.2, 0.25) is 0 Å². The summed E-state index contributed by atoms with van der Waals surface area (Å²) in [6, 6.07) is 50.0. The molecule has 0 amide bonds. The molecule has 0 fully saturated rings. The van der Waals surface area contributed by atoms with E-state index in [4.69, 9.17) is 9.40 Å². The van der Waals surface area contributed by atoms with Crippen molar-refractivity contribution in [2.75, 3.05) is 0 Å². The lowest BCUT2D eigenvalue weighted by molar-refractivity contribution is 0.669. The van der Waals surface area contributed by atoms with Crippen LogP contribution in [0.25, 0.3) is 97.4 Å². The van der Waals surface area contributed by atoms with Gasteiger partial charge in [0.05, 0.1) is 37.7 Å². The maximum Gasteiger partial charge on any atom is 0.195 e. The first-order valence-corrected chi connectivity index (χ1v) is 16.3. The van der Waals surface area contributed by atoms with Crippen molar-refractivity contribution in [3.8, 4) is 10.8 Å². The minimum Gasteiger partial charge on any atom is -0.456 e. The van der Waals surface area contributed by atoms with Crippen LogP contribution in [-0.2, 0) is 0 Å². The predicted molar refractivity (Wildman–Crippen MR) is 193 cm³/mol. The van der Waals surface area contributed by atoms with E-state index in [1.165, 1.54) is 43.4 Å². The van der Waals surface area contributed by atoms with E-state index >= 15 is 0 Å². The minimum absolute atomic E-state index is 0.872. The molecule has 0 radical (unpaired) electrons. The highest BCUT2D eigenvalue weighted by atomic mass is 32.1. The van der Waals surface area contributed by atoms with Gasteiger partial charge in [-0.15, -0.1) is 0 Å². The van der Waals surface area contributed by atoms with Gasteiger partial charge < -0.3 is 8.98 Å². The molecule has 0 spiro atoms. The quantitative estimate of drug-likeness (QED) is 0.196. The molecule has 0 atom stereocenters. The molecule has 0 aliphatic heterocycles. The van der Waals surface area contributed by atoms with Gasteiger partial charge in [-0.1, -0.05) is 90.2 Å². The number of thiazole rings is 1. The molecule has 4 heterocycles. The first-order valence-electron chi connectivity index (χ1n) is 15.5. The molecular formula is C41H23N3OS. The Morgan fingerprint density at radius 1 is 0.478 bits per heavy atom. The summed E-state index contributed by atoms with van der Waals surface area (Å²) in [7, 11) is 0. The van der Waals surface area contributed by atoms with E-state index in [-0.39, 0.29) is 0 Å². The van der Waals surface area contributed by atoms with E-state index in [0.29, 0.717) is 0 Å². The first-order chi connectivity index (χ1) is 22.8. The highest BCUT2D eigenvalue weighted by molar-refractivity contribution is 7.21. The lowest BCUT2D eigenvalue weighted by Gasteiger charge is -2.10.